The average molecular weight is 405 g/mol. The van der Waals surface area contributed by atoms with Crippen LogP contribution in [0.4, 0.5) is 4.39 Å². The molecule has 0 aliphatic carbocycles. The molecule has 1 aromatic carbocycles. The number of aliphatic imine (C=N–C) groups is 1. The van der Waals surface area contributed by atoms with Crippen molar-refractivity contribution in [1.82, 2.24) is 10.2 Å². The number of nitrogens with zero attached hydrogens (tertiary/aromatic N) is 2. The zero-order valence-electron chi connectivity index (χ0n) is 13.0. The van der Waals surface area contributed by atoms with Crippen LogP contribution in [0.3, 0.4) is 0 Å². The highest BCUT2D eigenvalue weighted by molar-refractivity contribution is 14.0. The van der Waals surface area contributed by atoms with Crippen LogP contribution in [0.5, 0.6) is 0 Å². The van der Waals surface area contributed by atoms with Crippen LogP contribution in [0, 0.1) is 17.7 Å². The van der Waals surface area contributed by atoms with Gasteiger partial charge in [-0.1, -0.05) is 32.0 Å². The molecule has 3 nitrogen and oxygen atoms in total. The molecular weight excluding hydrogens is 380 g/mol. The van der Waals surface area contributed by atoms with Gasteiger partial charge in [-0.15, -0.1) is 24.0 Å². The van der Waals surface area contributed by atoms with Crippen molar-refractivity contribution in [2.45, 2.75) is 26.8 Å². The number of nitrogens with one attached hydrogen (secondary N) is 1. The Labute approximate surface area is 144 Å². The molecule has 2 atom stereocenters. The van der Waals surface area contributed by atoms with Crippen LogP contribution in [0.25, 0.3) is 0 Å². The Kier molecular flexibility index (Phi) is 7.42. The van der Waals surface area contributed by atoms with Gasteiger partial charge >= 0.3 is 0 Å². The van der Waals surface area contributed by atoms with E-state index in [1.54, 1.807) is 19.2 Å². The Bertz CT molecular complexity index is 468. The van der Waals surface area contributed by atoms with Crippen molar-refractivity contribution in [3.8, 4) is 0 Å². The Morgan fingerprint density at radius 2 is 1.90 bits per heavy atom. The van der Waals surface area contributed by atoms with E-state index in [2.05, 4.69) is 29.1 Å². The average Bonchev–Trinajstić information content (AvgIpc) is 2.40. The number of guanidine groups is 1. The first-order valence-electron chi connectivity index (χ1n) is 7.29. The summed E-state index contributed by atoms with van der Waals surface area (Å²) in [7, 11) is 1.79. The smallest absolute Gasteiger partial charge is 0.193 e. The molecule has 2 rings (SSSR count). The fraction of sp³-hybridized carbons (Fsp3) is 0.562. The third kappa shape index (κ3) is 5.13. The minimum absolute atomic E-state index is 0. The zero-order chi connectivity index (χ0) is 14.5. The molecule has 118 valence electrons. The number of likely N-dealkylation sites (tertiary alicyclic amines) is 1. The SMILES string of the molecule is CN=C(NCc1ccccc1F)N1CC(C)CC(C)C1.I. The summed E-state index contributed by atoms with van der Waals surface area (Å²) in [5, 5.41) is 3.27. The summed E-state index contributed by atoms with van der Waals surface area (Å²) < 4.78 is 13.6. The van der Waals surface area contributed by atoms with Crippen LogP contribution >= 0.6 is 24.0 Å². The second kappa shape index (κ2) is 8.56. The molecule has 1 aliphatic rings. The van der Waals surface area contributed by atoms with Crippen LogP contribution in [0.15, 0.2) is 29.3 Å². The van der Waals surface area contributed by atoms with Gasteiger partial charge in [0.25, 0.3) is 0 Å². The molecule has 0 bridgehead atoms. The van der Waals surface area contributed by atoms with Crippen molar-refractivity contribution < 1.29 is 4.39 Å². The third-order valence-corrected chi connectivity index (χ3v) is 3.77. The number of halogens is 2. The van der Waals surface area contributed by atoms with E-state index >= 15 is 0 Å². The Hall–Kier alpha value is -0.850. The van der Waals surface area contributed by atoms with Crippen molar-refractivity contribution in [2.24, 2.45) is 16.8 Å². The summed E-state index contributed by atoms with van der Waals surface area (Å²) in [4.78, 5) is 6.61. The van der Waals surface area contributed by atoms with E-state index in [1.807, 2.05) is 6.07 Å². The van der Waals surface area contributed by atoms with Gasteiger partial charge in [-0.25, -0.2) is 4.39 Å². The predicted molar refractivity (Wildman–Crippen MR) is 96.5 cm³/mol. The molecule has 5 heteroatoms. The van der Waals surface area contributed by atoms with E-state index in [1.165, 1.54) is 12.5 Å². The summed E-state index contributed by atoms with van der Waals surface area (Å²) in [6.07, 6.45) is 1.26. The van der Waals surface area contributed by atoms with E-state index in [9.17, 15) is 4.39 Å². The van der Waals surface area contributed by atoms with Gasteiger partial charge in [0, 0.05) is 32.2 Å². The molecular formula is C16H25FIN3. The van der Waals surface area contributed by atoms with Gasteiger partial charge in [0.2, 0.25) is 0 Å². The minimum atomic E-state index is -0.171. The molecule has 1 aromatic rings. The van der Waals surface area contributed by atoms with E-state index in [0.717, 1.165) is 19.0 Å². The summed E-state index contributed by atoms with van der Waals surface area (Å²) >= 11 is 0. The minimum Gasteiger partial charge on any atom is -0.352 e. The molecule has 0 amide bonds. The van der Waals surface area contributed by atoms with Crippen molar-refractivity contribution in [3.05, 3.63) is 35.6 Å². The lowest BCUT2D eigenvalue weighted by atomic mass is 9.92. The summed E-state index contributed by atoms with van der Waals surface area (Å²) in [5.74, 6) is 2.04. The second-order valence-corrected chi connectivity index (χ2v) is 5.84. The van der Waals surface area contributed by atoms with Gasteiger partial charge in [0.15, 0.2) is 5.96 Å². The zero-order valence-corrected chi connectivity index (χ0v) is 15.3. The quantitative estimate of drug-likeness (QED) is 0.464. The Morgan fingerprint density at radius 3 is 2.48 bits per heavy atom. The first-order valence-corrected chi connectivity index (χ1v) is 7.29. The normalized spacial score (nSPS) is 22.7. The molecule has 1 saturated heterocycles. The largest absolute Gasteiger partial charge is 0.352 e. The molecule has 0 radical (unpaired) electrons. The molecule has 2 unspecified atom stereocenters. The topological polar surface area (TPSA) is 27.6 Å². The van der Waals surface area contributed by atoms with Crippen LogP contribution in [-0.2, 0) is 6.54 Å². The predicted octanol–water partition coefficient (Wildman–Crippen LogP) is 3.50. The fourth-order valence-corrected chi connectivity index (χ4v) is 2.98. The molecule has 0 aromatic heterocycles. The maximum absolute atomic E-state index is 13.6. The van der Waals surface area contributed by atoms with Crippen molar-refractivity contribution in [2.75, 3.05) is 20.1 Å². The summed E-state index contributed by atoms with van der Waals surface area (Å²) in [6, 6.07) is 6.86. The second-order valence-electron chi connectivity index (χ2n) is 5.84. The van der Waals surface area contributed by atoms with Crippen LogP contribution in [0.1, 0.15) is 25.8 Å². The van der Waals surface area contributed by atoms with Crippen LogP contribution in [-0.4, -0.2) is 31.0 Å². The highest BCUT2D eigenvalue weighted by Gasteiger charge is 2.23. The maximum atomic E-state index is 13.6. The number of benzene rings is 1. The van der Waals surface area contributed by atoms with E-state index in [4.69, 9.17) is 0 Å². The van der Waals surface area contributed by atoms with Crippen molar-refractivity contribution in [3.63, 3.8) is 0 Å². The van der Waals surface area contributed by atoms with E-state index in [-0.39, 0.29) is 29.8 Å². The molecule has 1 aliphatic heterocycles. The third-order valence-electron chi connectivity index (χ3n) is 3.77. The van der Waals surface area contributed by atoms with Gasteiger partial charge in [0.1, 0.15) is 5.82 Å². The molecule has 21 heavy (non-hydrogen) atoms. The number of piperidine rings is 1. The first kappa shape index (κ1) is 18.2. The Balaban J connectivity index is 0.00000220. The standard InChI is InChI=1S/C16H24FN3.HI/c1-12-8-13(2)11-20(10-12)16(18-3)19-9-14-6-4-5-7-15(14)17;/h4-7,12-13H,8-11H2,1-3H3,(H,18,19);1H. The highest BCUT2D eigenvalue weighted by atomic mass is 127. The Morgan fingerprint density at radius 1 is 1.29 bits per heavy atom. The molecule has 0 saturated carbocycles. The number of rotatable bonds is 2. The molecule has 0 spiro atoms. The fourth-order valence-electron chi connectivity index (χ4n) is 2.98. The number of hydrogen-bond donors (Lipinski definition) is 1. The maximum Gasteiger partial charge on any atom is 0.193 e. The lowest BCUT2D eigenvalue weighted by molar-refractivity contribution is 0.208. The monoisotopic (exact) mass is 405 g/mol. The molecule has 1 fully saturated rings. The summed E-state index contributed by atoms with van der Waals surface area (Å²) in [6.45, 7) is 7.04. The van der Waals surface area contributed by atoms with Crippen LogP contribution in [0.2, 0.25) is 0 Å². The van der Waals surface area contributed by atoms with E-state index in [0.29, 0.717) is 23.9 Å². The van der Waals surface area contributed by atoms with E-state index < -0.39 is 0 Å². The van der Waals surface area contributed by atoms with Crippen molar-refractivity contribution in [1.29, 1.82) is 0 Å². The molecule has 1 N–H and O–H groups in total. The van der Waals surface area contributed by atoms with Gasteiger partial charge in [0.05, 0.1) is 0 Å². The van der Waals surface area contributed by atoms with Crippen LogP contribution < -0.4 is 5.32 Å². The summed E-state index contributed by atoms with van der Waals surface area (Å²) in [5.41, 5.74) is 0.673. The molecule has 1 heterocycles. The lowest BCUT2D eigenvalue weighted by Crippen LogP contribution is -2.48. The number of hydrogen-bond acceptors (Lipinski definition) is 1. The first-order chi connectivity index (χ1) is 9.60. The van der Waals surface area contributed by atoms with Gasteiger partial charge in [-0.2, -0.15) is 0 Å². The van der Waals surface area contributed by atoms with Gasteiger partial charge in [-0.3, -0.25) is 4.99 Å². The van der Waals surface area contributed by atoms with Crippen molar-refractivity contribution >= 4 is 29.9 Å². The highest BCUT2D eigenvalue weighted by Crippen LogP contribution is 2.20. The lowest BCUT2D eigenvalue weighted by Gasteiger charge is -2.37. The van der Waals surface area contributed by atoms with Gasteiger partial charge < -0.3 is 10.2 Å². The van der Waals surface area contributed by atoms with Gasteiger partial charge in [-0.05, 0) is 24.3 Å².